The minimum absolute atomic E-state index is 0.0424. The van der Waals surface area contributed by atoms with Crippen LogP contribution in [0.4, 0.5) is 18.0 Å². The van der Waals surface area contributed by atoms with Gasteiger partial charge in [-0.05, 0) is 53.5 Å². The number of hydrogen-bond donors (Lipinski definition) is 2. The fourth-order valence-corrected chi connectivity index (χ4v) is 4.50. The van der Waals surface area contributed by atoms with E-state index in [1.807, 2.05) is 30.3 Å². The van der Waals surface area contributed by atoms with Crippen molar-refractivity contribution in [3.8, 4) is 11.4 Å². The van der Waals surface area contributed by atoms with Crippen molar-refractivity contribution in [1.29, 1.82) is 0 Å². The number of halogens is 3. The largest absolute Gasteiger partial charge is 0.490 e. The zero-order chi connectivity index (χ0) is 25.3. The third kappa shape index (κ3) is 5.27. The first-order chi connectivity index (χ1) is 17.3. The van der Waals surface area contributed by atoms with Crippen LogP contribution in [0.15, 0.2) is 48.5 Å². The second kappa shape index (κ2) is 9.76. The summed E-state index contributed by atoms with van der Waals surface area (Å²) in [4.78, 5) is 13.0. The number of amides is 1. The van der Waals surface area contributed by atoms with Crippen molar-refractivity contribution in [3.63, 3.8) is 0 Å². The molecule has 9 nitrogen and oxygen atoms in total. The van der Waals surface area contributed by atoms with Crippen molar-refractivity contribution >= 4 is 6.09 Å². The molecule has 36 heavy (non-hydrogen) atoms. The summed E-state index contributed by atoms with van der Waals surface area (Å²) in [5.41, 5.74) is 1.87. The van der Waals surface area contributed by atoms with Crippen molar-refractivity contribution in [2.45, 2.75) is 50.0 Å². The van der Waals surface area contributed by atoms with E-state index in [0.717, 1.165) is 18.4 Å². The average molecular weight is 502 g/mol. The van der Waals surface area contributed by atoms with Crippen LogP contribution in [0.5, 0.6) is 5.75 Å². The SMILES string of the molecule is O=C(O)N1CC[C@H](NCc2cc(-n3nnnc3C(F)(F)F)ccc2OC2CC2)[C@H](c2ccccc2)C1. The van der Waals surface area contributed by atoms with Crippen LogP contribution in [-0.4, -0.2) is 61.5 Å². The lowest BCUT2D eigenvalue weighted by Crippen LogP contribution is -2.49. The average Bonchev–Trinajstić information content (AvgIpc) is 3.53. The maximum absolute atomic E-state index is 13.4. The summed E-state index contributed by atoms with van der Waals surface area (Å²) in [6.07, 6.45) is -3.09. The van der Waals surface area contributed by atoms with Crippen molar-refractivity contribution in [2.24, 2.45) is 0 Å². The highest BCUT2D eigenvalue weighted by atomic mass is 19.4. The van der Waals surface area contributed by atoms with Crippen molar-refractivity contribution < 1.29 is 27.8 Å². The number of rotatable bonds is 7. The van der Waals surface area contributed by atoms with Gasteiger partial charge in [0, 0.05) is 37.2 Å². The fraction of sp³-hybridized carbons (Fsp3) is 0.417. The lowest BCUT2D eigenvalue weighted by atomic mass is 9.86. The molecule has 0 radical (unpaired) electrons. The number of aromatic nitrogens is 4. The van der Waals surface area contributed by atoms with Crippen LogP contribution in [0.25, 0.3) is 5.69 Å². The molecule has 2 heterocycles. The van der Waals surface area contributed by atoms with Gasteiger partial charge in [0.15, 0.2) is 0 Å². The zero-order valence-corrected chi connectivity index (χ0v) is 19.2. The third-order valence-corrected chi connectivity index (χ3v) is 6.50. The van der Waals surface area contributed by atoms with E-state index >= 15 is 0 Å². The summed E-state index contributed by atoms with van der Waals surface area (Å²) in [6, 6.07) is 14.4. The van der Waals surface area contributed by atoms with Crippen LogP contribution in [0.1, 0.15) is 42.1 Å². The summed E-state index contributed by atoms with van der Waals surface area (Å²) < 4.78 is 46.8. The zero-order valence-electron chi connectivity index (χ0n) is 19.2. The van der Waals surface area contributed by atoms with E-state index in [1.54, 1.807) is 12.1 Å². The Labute approximate surface area is 204 Å². The molecule has 1 saturated carbocycles. The quantitative estimate of drug-likeness (QED) is 0.506. The van der Waals surface area contributed by atoms with E-state index in [9.17, 15) is 23.1 Å². The topological polar surface area (TPSA) is 105 Å². The molecule has 0 unspecified atom stereocenters. The smallest absolute Gasteiger partial charge is 0.453 e. The fourth-order valence-electron chi connectivity index (χ4n) is 4.50. The molecule has 0 spiro atoms. The van der Waals surface area contributed by atoms with Crippen molar-refractivity contribution in [2.75, 3.05) is 13.1 Å². The molecule has 1 saturated heterocycles. The number of nitrogens with zero attached hydrogens (tertiary/aromatic N) is 5. The normalized spacial score (nSPS) is 20.4. The lowest BCUT2D eigenvalue weighted by molar-refractivity contribution is -0.146. The van der Waals surface area contributed by atoms with E-state index < -0.39 is 18.1 Å². The Kier molecular flexibility index (Phi) is 6.52. The van der Waals surface area contributed by atoms with Crippen LogP contribution in [0.2, 0.25) is 0 Å². The summed E-state index contributed by atoms with van der Waals surface area (Å²) >= 11 is 0. The van der Waals surface area contributed by atoms with Crippen LogP contribution in [0.3, 0.4) is 0 Å². The molecular weight excluding hydrogens is 477 g/mol. The first-order valence-electron chi connectivity index (χ1n) is 11.7. The highest BCUT2D eigenvalue weighted by Crippen LogP contribution is 2.33. The number of piperidine rings is 1. The first kappa shape index (κ1) is 24.0. The van der Waals surface area contributed by atoms with E-state index in [4.69, 9.17) is 4.74 Å². The summed E-state index contributed by atoms with van der Waals surface area (Å²) in [6.45, 7) is 1.06. The number of likely N-dealkylation sites (tertiary alicyclic amines) is 1. The van der Waals surface area contributed by atoms with Gasteiger partial charge in [-0.3, -0.25) is 0 Å². The standard InChI is InChI=1S/C24H25F3N6O3/c25-24(26,27)22-29-30-31-33(22)17-6-9-21(36-18-7-8-18)16(12-17)13-28-20-10-11-32(23(34)35)14-19(20)15-4-2-1-3-5-15/h1-6,9,12,18-20,28H,7-8,10-11,13-14H2,(H,34,35)/t19-,20-/m0/s1. The molecule has 0 bridgehead atoms. The Bertz CT molecular complexity index is 1220. The predicted molar refractivity (Wildman–Crippen MR) is 122 cm³/mol. The Morgan fingerprint density at radius 2 is 1.92 bits per heavy atom. The van der Waals surface area contributed by atoms with Gasteiger partial charge < -0.3 is 20.1 Å². The number of alkyl halides is 3. The monoisotopic (exact) mass is 502 g/mol. The molecular formula is C24H25F3N6O3. The van der Waals surface area contributed by atoms with Crippen molar-refractivity contribution in [1.82, 2.24) is 30.4 Å². The van der Waals surface area contributed by atoms with Gasteiger partial charge in [-0.2, -0.15) is 17.9 Å². The minimum atomic E-state index is -4.70. The van der Waals surface area contributed by atoms with Gasteiger partial charge in [-0.15, -0.1) is 5.10 Å². The lowest BCUT2D eigenvalue weighted by Gasteiger charge is -2.38. The van der Waals surface area contributed by atoms with Gasteiger partial charge in [0.1, 0.15) is 5.75 Å². The molecule has 190 valence electrons. The molecule has 1 amide bonds. The molecule has 1 aromatic heterocycles. The highest BCUT2D eigenvalue weighted by Gasteiger charge is 2.39. The molecule has 2 aromatic carbocycles. The second-order valence-electron chi connectivity index (χ2n) is 9.04. The van der Waals surface area contributed by atoms with Gasteiger partial charge in [0.25, 0.3) is 5.82 Å². The van der Waals surface area contributed by atoms with Crippen LogP contribution in [0, 0.1) is 0 Å². The van der Waals surface area contributed by atoms with E-state index in [0.29, 0.717) is 42.0 Å². The Balaban J connectivity index is 1.41. The maximum Gasteiger partial charge on any atom is 0.453 e. The van der Waals surface area contributed by atoms with E-state index in [-0.39, 0.29) is 23.8 Å². The number of carbonyl (C=O) groups is 1. The van der Waals surface area contributed by atoms with Crippen LogP contribution >= 0.6 is 0 Å². The van der Waals surface area contributed by atoms with Gasteiger partial charge >= 0.3 is 12.3 Å². The van der Waals surface area contributed by atoms with Gasteiger partial charge in [0.05, 0.1) is 11.8 Å². The number of ether oxygens (including phenoxy) is 1. The third-order valence-electron chi connectivity index (χ3n) is 6.50. The molecule has 1 aliphatic carbocycles. The Hall–Kier alpha value is -3.67. The number of benzene rings is 2. The van der Waals surface area contributed by atoms with Gasteiger partial charge in [-0.1, -0.05) is 30.3 Å². The van der Waals surface area contributed by atoms with E-state index in [1.165, 1.54) is 11.0 Å². The summed E-state index contributed by atoms with van der Waals surface area (Å²) in [7, 11) is 0. The Morgan fingerprint density at radius 1 is 1.14 bits per heavy atom. The molecule has 2 fully saturated rings. The second-order valence-corrected chi connectivity index (χ2v) is 9.04. The molecule has 12 heteroatoms. The summed E-state index contributed by atoms with van der Waals surface area (Å²) in [5, 5.41) is 22.9. The van der Waals surface area contributed by atoms with Crippen molar-refractivity contribution in [3.05, 3.63) is 65.5 Å². The number of carboxylic acid groups (broad SMARTS) is 1. The molecule has 5 rings (SSSR count). The Morgan fingerprint density at radius 3 is 2.61 bits per heavy atom. The van der Waals surface area contributed by atoms with Crippen LogP contribution < -0.4 is 10.1 Å². The highest BCUT2D eigenvalue weighted by molar-refractivity contribution is 5.65. The molecule has 3 aromatic rings. The first-order valence-corrected chi connectivity index (χ1v) is 11.7. The summed E-state index contributed by atoms with van der Waals surface area (Å²) in [5.74, 6) is -0.694. The molecule has 2 N–H and O–H groups in total. The predicted octanol–water partition coefficient (Wildman–Crippen LogP) is 3.85. The molecule has 1 aliphatic heterocycles. The van der Waals surface area contributed by atoms with Crippen LogP contribution in [-0.2, 0) is 12.7 Å². The van der Waals surface area contributed by atoms with E-state index in [2.05, 4.69) is 20.8 Å². The maximum atomic E-state index is 13.4. The minimum Gasteiger partial charge on any atom is -0.490 e. The van der Waals surface area contributed by atoms with Gasteiger partial charge in [-0.25, -0.2) is 4.79 Å². The number of hydrogen-bond acceptors (Lipinski definition) is 6. The molecule has 2 aliphatic rings. The van der Waals surface area contributed by atoms with Gasteiger partial charge in [0.2, 0.25) is 0 Å². The number of nitrogens with one attached hydrogen (secondary N) is 1. The molecule has 2 atom stereocenters. The number of tetrazole rings is 1.